The first-order valence-electron chi connectivity index (χ1n) is 9.86. The Balaban J connectivity index is 0. The molecule has 0 nitrogen and oxygen atoms in total. The molecule has 2 rings (SSSR count). The van der Waals surface area contributed by atoms with Crippen LogP contribution in [0.25, 0.3) is 0 Å². The van der Waals surface area contributed by atoms with Crippen LogP contribution in [0.3, 0.4) is 0 Å². The van der Waals surface area contributed by atoms with E-state index in [1.807, 2.05) is 34.6 Å². The summed E-state index contributed by atoms with van der Waals surface area (Å²) in [5, 5.41) is 0. The molecule has 134 valence electrons. The highest BCUT2D eigenvalue weighted by atomic mass is 14.2. The molecule has 0 aromatic rings. The lowest BCUT2D eigenvalue weighted by atomic mass is 9.79. The number of hydrogen-bond acceptors (Lipinski definition) is 0. The van der Waals surface area contributed by atoms with E-state index in [0.717, 1.165) is 12.3 Å². The van der Waals surface area contributed by atoms with Crippen LogP contribution in [0, 0.1) is 5.92 Å². The van der Waals surface area contributed by atoms with Crippen LogP contribution in [0.1, 0.15) is 93.9 Å². The Labute approximate surface area is 147 Å². The van der Waals surface area contributed by atoms with Crippen molar-refractivity contribution in [2.75, 3.05) is 0 Å². The first-order valence-corrected chi connectivity index (χ1v) is 9.86. The van der Waals surface area contributed by atoms with Gasteiger partial charge < -0.3 is 0 Å². The molecule has 1 atom stereocenters. The molecule has 23 heavy (non-hydrogen) atoms. The van der Waals surface area contributed by atoms with Gasteiger partial charge in [-0.15, -0.1) is 0 Å². The van der Waals surface area contributed by atoms with E-state index in [2.05, 4.69) is 51.2 Å². The number of rotatable bonds is 2. The van der Waals surface area contributed by atoms with E-state index >= 15 is 0 Å². The van der Waals surface area contributed by atoms with Gasteiger partial charge in [0.15, 0.2) is 0 Å². The van der Waals surface area contributed by atoms with E-state index in [1.54, 1.807) is 5.57 Å². The van der Waals surface area contributed by atoms with Crippen LogP contribution in [0.4, 0.5) is 0 Å². The van der Waals surface area contributed by atoms with Gasteiger partial charge in [-0.1, -0.05) is 88.1 Å². The molecule has 1 fully saturated rings. The van der Waals surface area contributed by atoms with E-state index < -0.39 is 0 Å². The number of allylic oxidation sites excluding steroid dienone is 8. The molecule has 0 aromatic heterocycles. The van der Waals surface area contributed by atoms with Crippen LogP contribution in [-0.2, 0) is 0 Å². The Hall–Kier alpha value is -1.04. The van der Waals surface area contributed by atoms with Crippen molar-refractivity contribution in [2.24, 2.45) is 5.92 Å². The lowest BCUT2D eigenvalue weighted by Gasteiger charge is -2.27. The summed E-state index contributed by atoms with van der Waals surface area (Å²) in [7, 11) is 0. The number of hydrogen-bond donors (Lipinski definition) is 0. The summed E-state index contributed by atoms with van der Waals surface area (Å²) in [6, 6.07) is 0. The predicted molar refractivity (Wildman–Crippen MR) is 110 cm³/mol. The van der Waals surface area contributed by atoms with Crippen molar-refractivity contribution in [3.63, 3.8) is 0 Å². The zero-order valence-corrected chi connectivity index (χ0v) is 17.2. The Morgan fingerprint density at radius 3 is 2.26 bits per heavy atom. The van der Waals surface area contributed by atoms with Crippen LogP contribution in [0.5, 0.6) is 0 Å². The second-order valence-electron chi connectivity index (χ2n) is 5.56. The molecule has 1 saturated carbocycles. The third kappa shape index (κ3) is 11.2. The SMILES string of the molecule is C/C=C\C(=C/C)CC.CC.CC.CC1=CCC2CCCCC2=C1. The Bertz CT molecular complexity index is 374. The maximum Gasteiger partial charge on any atom is -0.0165 e. The van der Waals surface area contributed by atoms with Gasteiger partial charge in [0.1, 0.15) is 0 Å². The Kier molecular flexibility index (Phi) is 18.2. The highest BCUT2D eigenvalue weighted by Gasteiger charge is 2.19. The summed E-state index contributed by atoms with van der Waals surface area (Å²) in [4.78, 5) is 0. The van der Waals surface area contributed by atoms with Gasteiger partial charge in [0.2, 0.25) is 0 Å². The minimum atomic E-state index is 0.924. The smallest absolute Gasteiger partial charge is 0.0165 e. The molecule has 0 heterocycles. The monoisotopic (exact) mass is 318 g/mol. The third-order valence-electron chi connectivity index (χ3n) is 4.09. The van der Waals surface area contributed by atoms with Crippen molar-refractivity contribution in [2.45, 2.75) is 93.9 Å². The summed E-state index contributed by atoms with van der Waals surface area (Å²) in [5.41, 5.74) is 4.63. The predicted octanol–water partition coefficient (Wildman–Crippen LogP) is 8.42. The molecule has 0 amide bonds. The van der Waals surface area contributed by atoms with E-state index in [4.69, 9.17) is 0 Å². The van der Waals surface area contributed by atoms with Gasteiger partial charge >= 0.3 is 0 Å². The topological polar surface area (TPSA) is 0 Å². The molecule has 0 bridgehead atoms. The molecule has 2 aliphatic rings. The Morgan fingerprint density at radius 1 is 1.13 bits per heavy atom. The van der Waals surface area contributed by atoms with Crippen molar-refractivity contribution in [1.82, 2.24) is 0 Å². The highest BCUT2D eigenvalue weighted by molar-refractivity contribution is 5.29. The average molecular weight is 319 g/mol. The molecule has 0 radical (unpaired) electrons. The van der Waals surface area contributed by atoms with Crippen molar-refractivity contribution in [3.05, 3.63) is 47.1 Å². The maximum atomic E-state index is 2.41. The number of fused-ring (bicyclic) bond motifs is 1. The zero-order chi connectivity index (χ0) is 18.1. The van der Waals surface area contributed by atoms with Crippen molar-refractivity contribution >= 4 is 0 Å². The van der Waals surface area contributed by atoms with Gasteiger partial charge in [-0.05, 0) is 58.8 Å². The van der Waals surface area contributed by atoms with E-state index in [9.17, 15) is 0 Å². The summed E-state index contributed by atoms with van der Waals surface area (Å²) in [6.07, 6.45) is 19.3. The first-order chi connectivity index (χ1) is 11.2. The highest BCUT2D eigenvalue weighted by Crippen LogP contribution is 2.35. The second kappa shape index (κ2) is 17.3. The maximum absolute atomic E-state index is 2.41. The summed E-state index contributed by atoms with van der Waals surface area (Å²) in [5.74, 6) is 0.924. The molecular formula is C23H42. The van der Waals surface area contributed by atoms with Gasteiger partial charge in [-0.3, -0.25) is 0 Å². The van der Waals surface area contributed by atoms with E-state index in [0.29, 0.717) is 0 Å². The van der Waals surface area contributed by atoms with Gasteiger partial charge in [0, 0.05) is 0 Å². The minimum Gasteiger partial charge on any atom is -0.0874 e. The summed E-state index contributed by atoms with van der Waals surface area (Å²) in [6.45, 7) is 16.5. The third-order valence-corrected chi connectivity index (χ3v) is 4.09. The van der Waals surface area contributed by atoms with Crippen LogP contribution in [0.15, 0.2) is 47.1 Å². The lowest BCUT2D eigenvalue weighted by molar-refractivity contribution is 0.451. The fraction of sp³-hybridized carbons (Fsp3) is 0.652. The van der Waals surface area contributed by atoms with E-state index in [-0.39, 0.29) is 0 Å². The van der Waals surface area contributed by atoms with Crippen LogP contribution in [0.2, 0.25) is 0 Å². The molecule has 1 unspecified atom stereocenters. The minimum absolute atomic E-state index is 0.924. The molecule has 0 spiro atoms. The molecule has 0 aromatic carbocycles. The molecular weight excluding hydrogens is 276 g/mol. The molecule has 0 heteroatoms. The van der Waals surface area contributed by atoms with Crippen LogP contribution < -0.4 is 0 Å². The average Bonchev–Trinajstić information content (AvgIpc) is 2.63. The largest absolute Gasteiger partial charge is 0.0874 e. The summed E-state index contributed by atoms with van der Waals surface area (Å²) < 4.78 is 0. The van der Waals surface area contributed by atoms with Crippen LogP contribution >= 0.6 is 0 Å². The molecule has 0 N–H and O–H groups in total. The first kappa shape index (κ1) is 24.2. The van der Waals surface area contributed by atoms with E-state index in [1.165, 1.54) is 43.3 Å². The van der Waals surface area contributed by atoms with Crippen molar-refractivity contribution in [3.8, 4) is 0 Å². The normalized spacial score (nSPS) is 19.7. The summed E-state index contributed by atoms with van der Waals surface area (Å²) >= 11 is 0. The fourth-order valence-electron chi connectivity index (χ4n) is 2.88. The zero-order valence-electron chi connectivity index (χ0n) is 17.2. The molecule has 0 saturated heterocycles. The van der Waals surface area contributed by atoms with Gasteiger partial charge in [-0.2, -0.15) is 0 Å². The van der Waals surface area contributed by atoms with Crippen molar-refractivity contribution in [1.29, 1.82) is 0 Å². The molecule has 2 aliphatic carbocycles. The quantitative estimate of drug-likeness (QED) is 0.448. The standard InChI is InChI=1S/C11H16.C8H14.2C2H6/c1-9-6-7-10-4-2-3-5-11(10)8-9;1-4-7-8(5-2)6-3;2*1-2/h6,8,10H,2-5,7H2,1H3;4-5,7H,6H2,1-3H3;2*1-2H3/b;7-4-,8-5-;;. The Morgan fingerprint density at radius 2 is 1.78 bits per heavy atom. The van der Waals surface area contributed by atoms with Gasteiger partial charge in [0.05, 0.1) is 0 Å². The lowest BCUT2D eigenvalue weighted by Crippen LogP contribution is -2.11. The van der Waals surface area contributed by atoms with Crippen molar-refractivity contribution < 1.29 is 0 Å². The fourth-order valence-corrected chi connectivity index (χ4v) is 2.88. The molecule has 0 aliphatic heterocycles. The van der Waals surface area contributed by atoms with Gasteiger partial charge in [0.25, 0.3) is 0 Å². The van der Waals surface area contributed by atoms with Gasteiger partial charge in [-0.25, -0.2) is 0 Å². The van der Waals surface area contributed by atoms with Crippen LogP contribution in [-0.4, -0.2) is 0 Å². The second-order valence-corrected chi connectivity index (χ2v) is 5.56.